The maximum atomic E-state index is 13.7. The average Bonchev–Trinajstić information content (AvgIpc) is 2.59. The first kappa shape index (κ1) is 15.1. The van der Waals surface area contributed by atoms with Gasteiger partial charge in [-0.05, 0) is 23.8 Å². The number of hydrogen-bond donors (Lipinski definition) is 1. The molecule has 4 nitrogen and oxygen atoms in total. The van der Waals surface area contributed by atoms with Gasteiger partial charge in [-0.2, -0.15) is 0 Å². The maximum Gasteiger partial charge on any atom is 0.271 e. The van der Waals surface area contributed by atoms with Gasteiger partial charge in [-0.1, -0.05) is 37.3 Å². The van der Waals surface area contributed by atoms with Gasteiger partial charge >= 0.3 is 0 Å². The Balaban J connectivity index is 1.70. The molecule has 23 heavy (non-hydrogen) atoms. The third-order valence-corrected chi connectivity index (χ3v) is 3.69. The molecule has 2 aromatic carbocycles. The summed E-state index contributed by atoms with van der Waals surface area (Å²) < 4.78 is 13.7. The van der Waals surface area contributed by atoms with Crippen LogP contribution < -0.4 is 5.32 Å². The van der Waals surface area contributed by atoms with Crippen molar-refractivity contribution in [1.29, 1.82) is 0 Å². The van der Waals surface area contributed by atoms with Crippen LogP contribution in [0.2, 0.25) is 0 Å². The Morgan fingerprint density at radius 3 is 2.61 bits per heavy atom. The lowest BCUT2D eigenvalue weighted by Gasteiger charge is -2.13. The van der Waals surface area contributed by atoms with E-state index in [1.54, 1.807) is 24.3 Å². The third-order valence-electron chi connectivity index (χ3n) is 3.69. The molecule has 0 spiro atoms. The maximum absolute atomic E-state index is 13.7. The Hall–Kier alpha value is -2.82. The molecule has 1 amide bonds. The topological polar surface area (TPSA) is 54.9 Å². The molecule has 0 aliphatic heterocycles. The van der Waals surface area contributed by atoms with E-state index in [1.807, 2.05) is 25.1 Å². The van der Waals surface area contributed by atoms with Gasteiger partial charge in [0.1, 0.15) is 11.5 Å². The Morgan fingerprint density at radius 2 is 1.83 bits per heavy atom. The van der Waals surface area contributed by atoms with Crippen LogP contribution in [0.5, 0.6) is 0 Å². The summed E-state index contributed by atoms with van der Waals surface area (Å²) in [5, 5.41) is 2.78. The summed E-state index contributed by atoms with van der Waals surface area (Å²) >= 11 is 0. The first-order valence-corrected chi connectivity index (χ1v) is 7.39. The molecule has 0 aliphatic rings. The average molecular weight is 309 g/mol. The molecular weight excluding hydrogens is 293 g/mol. The number of carbonyl (C=O) groups excluding carboxylic acids is 1. The second kappa shape index (κ2) is 6.52. The number of benzene rings is 2. The van der Waals surface area contributed by atoms with E-state index in [4.69, 9.17) is 0 Å². The molecule has 1 atom stereocenters. The molecule has 1 heterocycles. The first-order valence-electron chi connectivity index (χ1n) is 7.39. The number of para-hydroxylation sites is 2. The van der Waals surface area contributed by atoms with E-state index in [9.17, 15) is 9.18 Å². The van der Waals surface area contributed by atoms with E-state index in [-0.39, 0.29) is 23.3 Å². The summed E-state index contributed by atoms with van der Waals surface area (Å²) in [5.41, 5.74) is 2.24. The van der Waals surface area contributed by atoms with Crippen molar-refractivity contribution in [3.63, 3.8) is 0 Å². The van der Waals surface area contributed by atoms with E-state index in [2.05, 4.69) is 15.3 Å². The van der Waals surface area contributed by atoms with Crippen molar-refractivity contribution in [3.05, 3.63) is 71.8 Å². The number of nitrogens with one attached hydrogen (secondary N) is 1. The quantitative estimate of drug-likeness (QED) is 0.804. The fourth-order valence-electron chi connectivity index (χ4n) is 2.39. The van der Waals surface area contributed by atoms with Crippen molar-refractivity contribution < 1.29 is 9.18 Å². The summed E-state index contributed by atoms with van der Waals surface area (Å²) in [7, 11) is 0. The highest BCUT2D eigenvalue weighted by Gasteiger charge is 2.14. The molecule has 116 valence electrons. The van der Waals surface area contributed by atoms with Crippen LogP contribution >= 0.6 is 0 Å². The fraction of sp³-hybridized carbons (Fsp3) is 0.167. The van der Waals surface area contributed by atoms with Crippen LogP contribution in [0.1, 0.15) is 28.9 Å². The number of nitrogens with zero attached hydrogens (tertiary/aromatic N) is 2. The predicted octanol–water partition coefficient (Wildman–Crippen LogP) is 3.30. The van der Waals surface area contributed by atoms with Gasteiger partial charge < -0.3 is 5.32 Å². The van der Waals surface area contributed by atoms with Crippen molar-refractivity contribution >= 4 is 16.9 Å². The van der Waals surface area contributed by atoms with Crippen LogP contribution in [-0.4, -0.2) is 22.4 Å². The van der Waals surface area contributed by atoms with Gasteiger partial charge in [0.2, 0.25) is 0 Å². The van der Waals surface area contributed by atoms with E-state index >= 15 is 0 Å². The van der Waals surface area contributed by atoms with Gasteiger partial charge in [0, 0.05) is 12.5 Å². The molecular formula is C18H16FN3O. The second-order valence-corrected chi connectivity index (χ2v) is 5.38. The third kappa shape index (κ3) is 3.34. The molecule has 0 aliphatic carbocycles. The summed E-state index contributed by atoms with van der Waals surface area (Å²) in [5.74, 6) is -0.709. The van der Waals surface area contributed by atoms with Gasteiger partial charge in [0.25, 0.3) is 5.91 Å². The molecule has 1 aromatic heterocycles. The van der Waals surface area contributed by atoms with Crippen LogP contribution in [-0.2, 0) is 0 Å². The van der Waals surface area contributed by atoms with E-state index in [1.165, 1.54) is 12.3 Å². The normalized spacial score (nSPS) is 12.1. The highest BCUT2D eigenvalue weighted by molar-refractivity contribution is 5.93. The van der Waals surface area contributed by atoms with Crippen LogP contribution in [0.3, 0.4) is 0 Å². The monoisotopic (exact) mass is 309 g/mol. The van der Waals surface area contributed by atoms with Gasteiger partial charge in [-0.3, -0.25) is 9.78 Å². The first-order chi connectivity index (χ1) is 11.1. The Bertz CT molecular complexity index is 850. The number of aromatic nitrogens is 2. The lowest BCUT2D eigenvalue weighted by atomic mass is 10.0. The molecule has 3 aromatic rings. The van der Waals surface area contributed by atoms with E-state index in [0.717, 1.165) is 5.52 Å². The van der Waals surface area contributed by atoms with E-state index < -0.39 is 0 Å². The zero-order valence-corrected chi connectivity index (χ0v) is 12.7. The standard InChI is InChI=1S/C18H16FN3O/c1-12(13-6-2-3-7-14(13)19)10-21-18(23)17-11-20-15-8-4-5-9-16(15)22-17/h2-9,11-12H,10H2,1H3,(H,21,23). The smallest absolute Gasteiger partial charge is 0.271 e. The van der Waals surface area contributed by atoms with Crippen LogP contribution in [0.25, 0.3) is 11.0 Å². The van der Waals surface area contributed by atoms with Crippen LogP contribution in [0.4, 0.5) is 4.39 Å². The van der Waals surface area contributed by atoms with Gasteiger partial charge in [-0.15, -0.1) is 0 Å². The molecule has 5 heteroatoms. The van der Waals surface area contributed by atoms with Crippen molar-refractivity contribution in [2.45, 2.75) is 12.8 Å². The zero-order chi connectivity index (χ0) is 16.2. The number of amides is 1. The lowest BCUT2D eigenvalue weighted by molar-refractivity contribution is 0.0946. The van der Waals surface area contributed by atoms with E-state index in [0.29, 0.717) is 17.6 Å². The van der Waals surface area contributed by atoms with Gasteiger partial charge in [-0.25, -0.2) is 9.37 Å². The largest absolute Gasteiger partial charge is 0.350 e. The summed E-state index contributed by atoms with van der Waals surface area (Å²) in [6, 6.07) is 13.9. The molecule has 1 unspecified atom stereocenters. The number of hydrogen-bond acceptors (Lipinski definition) is 3. The minimum atomic E-state index is -0.313. The fourth-order valence-corrected chi connectivity index (χ4v) is 2.39. The number of halogens is 1. The van der Waals surface area contributed by atoms with Crippen molar-refractivity contribution in [3.8, 4) is 0 Å². The van der Waals surface area contributed by atoms with Crippen molar-refractivity contribution in [1.82, 2.24) is 15.3 Å². The minimum absolute atomic E-state index is 0.131. The minimum Gasteiger partial charge on any atom is -0.350 e. The molecule has 0 saturated carbocycles. The SMILES string of the molecule is CC(CNC(=O)c1cnc2ccccc2n1)c1ccccc1F. The van der Waals surface area contributed by atoms with Crippen molar-refractivity contribution in [2.24, 2.45) is 0 Å². The van der Waals surface area contributed by atoms with Crippen LogP contribution in [0, 0.1) is 5.82 Å². The highest BCUT2D eigenvalue weighted by atomic mass is 19.1. The molecule has 3 rings (SSSR count). The molecule has 0 bridgehead atoms. The number of fused-ring (bicyclic) bond motifs is 1. The number of carbonyl (C=O) groups is 1. The number of rotatable bonds is 4. The second-order valence-electron chi connectivity index (χ2n) is 5.38. The summed E-state index contributed by atoms with van der Waals surface area (Å²) in [6.45, 7) is 2.19. The van der Waals surface area contributed by atoms with Gasteiger partial charge in [0.15, 0.2) is 0 Å². The summed E-state index contributed by atoms with van der Waals surface area (Å²) in [4.78, 5) is 20.7. The van der Waals surface area contributed by atoms with Crippen molar-refractivity contribution in [2.75, 3.05) is 6.54 Å². The Kier molecular flexibility index (Phi) is 4.28. The molecule has 0 saturated heterocycles. The lowest BCUT2D eigenvalue weighted by Crippen LogP contribution is -2.28. The zero-order valence-electron chi connectivity index (χ0n) is 12.7. The summed E-state index contributed by atoms with van der Waals surface area (Å²) in [6.07, 6.45) is 1.45. The molecule has 0 fully saturated rings. The van der Waals surface area contributed by atoms with Gasteiger partial charge in [0.05, 0.1) is 17.2 Å². The Labute approximate surface area is 133 Å². The predicted molar refractivity (Wildman–Crippen MR) is 86.7 cm³/mol. The highest BCUT2D eigenvalue weighted by Crippen LogP contribution is 2.17. The van der Waals surface area contributed by atoms with Crippen LogP contribution in [0.15, 0.2) is 54.7 Å². The molecule has 0 radical (unpaired) electrons. The Morgan fingerprint density at radius 1 is 1.13 bits per heavy atom. The molecule has 1 N–H and O–H groups in total.